The molecular formula is C16H25ClN4O. The van der Waals surface area contributed by atoms with Gasteiger partial charge in [0.2, 0.25) is 0 Å². The number of aryl methyl sites for hydroxylation is 1. The molecule has 6 heteroatoms. The van der Waals surface area contributed by atoms with Gasteiger partial charge in [0.25, 0.3) is 0 Å². The lowest BCUT2D eigenvalue weighted by atomic mass is 10.2. The van der Waals surface area contributed by atoms with Gasteiger partial charge in [-0.2, -0.15) is 0 Å². The highest BCUT2D eigenvalue weighted by Gasteiger charge is 2.17. The lowest BCUT2D eigenvalue weighted by Crippen LogP contribution is -2.50. The molecule has 22 heavy (non-hydrogen) atoms. The standard InChI is InChI=1S/C16H25ClN4O/c1-12-4-5-14(10-15(12)17)19-16(22)18-13(2)11-21-8-6-20(3)7-9-21/h4-5,10,13H,6-9,11H2,1-3H3,(H2,18,19,22)/t13-/m0/s1. The minimum absolute atomic E-state index is 0.101. The minimum atomic E-state index is -0.193. The molecule has 0 aromatic heterocycles. The van der Waals surface area contributed by atoms with E-state index in [2.05, 4.69) is 27.5 Å². The number of urea groups is 1. The predicted octanol–water partition coefficient (Wildman–Crippen LogP) is 2.41. The van der Waals surface area contributed by atoms with E-state index in [1.807, 2.05) is 26.0 Å². The number of hydrogen-bond acceptors (Lipinski definition) is 3. The molecule has 1 aromatic carbocycles. The Morgan fingerprint density at radius 2 is 2.00 bits per heavy atom. The van der Waals surface area contributed by atoms with Gasteiger partial charge in [0.05, 0.1) is 0 Å². The first kappa shape index (κ1) is 17.1. The summed E-state index contributed by atoms with van der Waals surface area (Å²) in [6, 6.07) is 5.42. The summed E-state index contributed by atoms with van der Waals surface area (Å²) < 4.78 is 0. The molecule has 0 saturated carbocycles. The van der Waals surface area contributed by atoms with Gasteiger partial charge < -0.3 is 15.5 Å². The molecule has 1 aliphatic heterocycles. The number of likely N-dealkylation sites (N-methyl/N-ethyl adjacent to an activating group) is 1. The summed E-state index contributed by atoms with van der Waals surface area (Å²) in [6.45, 7) is 9.11. The molecule has 0 bridgehead atoms. The largest absolute Gasteiger partial charge is 0.334 e. The van der Waals surface area contributed by atoms with Gasteiger partial charge in [-0.3, -0.25) is 4.90 Å². The molecule has 0 aliphatic carbocycles. The van der Waals surface area contributed by atoms with E-state index in [1.165, 1.54) is 0 Å². The minimum Gasteiger partial charge on any atom is -0.334 e. The number of carbonyl (C=O) groups is 1. The van der Waals surface area contributed by atoms with Crippen LogP contribution in [0.4, 0.5) is 10.5 Å². The number of halogens is 1. The van der Waals surface area contributed by atoms with Crippen LogP contribution in [0.1, 0.15) is 12.5 Å². The van der Waals surface area contributed by atoms with Crippen molar-refractivity contribution in [1.29, 1.82) is 0 Å². The Hall–Kier alpha value is -1.30. The summed E-state index contributed by atoms with van der Waals surface area (Å²) in [6.07, 6.45) is 0. The first-order chi connectivity index (χ1) is 10.4. The number of piperazine rings is 1. The smallest absolute Gasteiger partial charge is 0.319 e. The predicted molar refractivity (Wildman–Crippen MR) is 91.7 cm³/mol. The molecular weight excluding hydrogens is 300 g/mol. The number of benzene rings is 1. The monoisotopic (exact) mass is 324 g/mol. The van der Waals surface area contributed by atoms with Crippen LogP contribution in [0.5, 0.6) is 0 Å². The number of hydrogen-bond donors (Lipinski definition) is 2. The van der Waals surface area contributed by atoms with Crippen LogP contribution in [0.3, 0.4) is 0 Å². The Morgan fingerprint density at radius 1 is 1.32 bits per heavy atom. The van der Waals surface area contributed by atoms with Crippen molar-refractivity contribution in [1.82, 2.24) is 15.1 Å². The highest BCUT2D eigenvalue weighted by molar-refractivity contribution is 6.31. The van der Waals surface area contributed by atoms with Gasteiger partial charge in [-0.05, 0) is 38.6 Å². The van der Waals surface area contributed by atoms with Gasteiger partial charge in [-0.15, -0.1) is 0 Å². The summed E-state index contributed by atoms with van der Waals surface area (Å²) in [5, 5.41) is 6.45. The van der Waals surface area contributed by atoms with Gasteiger partial charge in [-0.1, -0.05) is 17.7 Å². The molecule has 2 amide bonds. The van der Waals surface area contributed by atoms with E-state index >= 15 is 0 Å². The van der Waals surface area contributed by atoms with Gasteiger partial charge >= 0.3 is 6.03 Å². The van der Waals surface area contributed by atoms with E-state index in [1.54, 1.807) is 6.07 Å². The third kappa shape index (κ3) is 5.16. The van der Waals surface area contributed by atoms with Crippen LogP contribution >= 0.6 is 11.6 Å². The van der Waals surface area contributed by atoms with Crippen molar-refractivity contribution in [2.45, 2.75) is 19.9 Å². The molecule has 1 atom stereocenters. The molecule has 122 valence electrons. The van der Waals surface area contributed by atoms with E-state index < -0.39 is 0 Å². The average Bonchev–Trinajstić information content (AvgIpc) is 2.45. The third-order valence-corrected chi connectivity index (χ3v) is 4.34. The van der Waals surface area contributed by atoms with Gasteiger partial charge in [0, 0.05) is 49.5 Å². The second kappa shape index (κ2) is 7.81. The summed E-state index contributed by atoms with van der Waals surface area (Å²) in [4.78, 5) is 16.7. The molecule has 1 heterocycles. The quantitative estimate of drug-likeness (QED) is 0.894. The zero-order valence-electron chi connectivity index (χ0n) is 13.5. The first-order valence-corrected chi connectivity index (χ1v) is 8.06. The second-order valence-corrected chi connectivity index (χ2v) is 6.47. The highest BCUT2D eigenvalue weighted by atomic mass is 35.5. The number of rotatable bonds is 4. The zero-order valence-corrected chi connectivity index (χ0v) is 14.3. The second-order valence-electron chi connectivity index (χ2n) is 6.07. The van der Waals surface area contributed by atoms with Gasteiger partial charge in [0.15, 0.2) is 0 Å². The molecule has 1 aliphatic rings. The van der Waals surface area contributed by atoms with E-state index in [4.69, 9.17) is 11.6 Å². The average molecular weight is 325 g/mol. The summed E-state index contributed by atoms with van der Waals surface area (Å²) >= 11 is 6.06. The van der Waals surface area contributed by atoms with Gasteiger partial charge in [-0.25, -0.2) is 4.79 Å². The van der Waals surface area contributed by atoms with E-state index in [9.17, 15) is 4.79 Å². The molecule has 0 radical (unpaired) electrons. The normalized spacial score (nSPS) is 18.0. The fourth-order valence-electron chi connectivity index (χ4n) is 2.52. The first-order valence-electron chi connectivity index (χ1n) is 7.68. The van der Waals surface area contributed by atoms with Crippen LogP contribution in [-0.4, -0.2) is 61.6 Å². The van der Waals surface area contributed by atoms with Crippen molar-refractivity contribution in [2.75, 3.05) is 45.1 Å². The Bertz CT molecular complexity index is 515. The lowest BCUT2D eigenvalue weighted by Gasteiger charge is -2.34. The molecule has 1 aromatic rings. The fraction of sp³-hybridized carbons (Fsp3) is 0.562. The summed E-state index contributed by atoms with van der Waals surface area (Å²) in [5.74, 6) is 0. The SMILES string of the molecule is Cc1ccc(NC(=O)N[C@@H](C)CN2CCN(C)CC2)cc1Cl. The zero-order chi connectivity index (χ0) is 16.1. The molecule has 0 unspecified atom stereocenters. The Balaban J connectivity index is 1.77. The van der Waals surface area contributed by atoms with Gasteiger partial charge in [0.1, 0.15) is 0 Å². The number of carbonyl (C=O) groups excluding carboxylic acids is 1. The Labute approximate surface area is 137 Å². The number of anilines is 1. The van der Waals surface area contributed by atoms with Crippen molar-refractivity contribution in [2.24, 2.45) is 0 Å². The van der Waals surface area contributed by atoms with Crippen LogP contribution in [0, 0.1) is 6.92 Å². The van der Waals surface area contributed by atoms with Crippen molar-refractivity contribution >= 4 is 23.3 Å². The maximum atomic E-state index is 12.0. The molecule has 1 saturated heterocycles. The van der Waals surface area contributed by atoms with Crippen molar-refractivity contribution in [3.8, 4) is 0 Å². The van der Waals surface area contributed by atoms with Crippen LogP contribution in [-0.2, 0) is 0 Å². The van der Waals surface area contributed by atoms with Crippen LogP contribution in [0.15, 0.2) is 18.2 Å². The lowest BCUT2D eigenvalue weighted by molar-refractivity contribution is 0.145. The fourth-order valence-corrected chi connectivity index (χ4v) is 2.71. The topological polar surface area (TPSA) is 47.6 Å². The molecule has 2 rings (SSSR count). The Kier molecular flexibility index (Phi) is 6.06. The van der Waals surface area contributed by atoms with Crippen molar-refractivity contribution in [3.05, 3.63) is 28.8 Å². The van der Waals surface area contributed by atoms with Crippen molar-refractivity contribution < 1.29 is 4.79 Å². The van der Waals surface area contributed by atoms with E-state index in [0.717, 1.165) is 38.3 Å². The highest BCUT2D eigenvalue weighted by Crippen LogP contribution is 2.19. The molecule has 2 N–H and O–H groups in total. The Morgan fingerprint density at radius 3 is 2.64 bits per heavy atom. The van der Waals surface area contributed by atoms with Crippen LogP contribution in [0.25, 0.3) is 0 Å². The maximum Gasteiger partial charge on any atom is 0.319 e. The summed E-state index contributed by atoms with van der Waals surface area (Å²) in [7, 11) is 2.14. The molecule has 5 nitrogen and oxygen atoms in total. The molecule has 0 spiro atoms. The van der Waals surface area contributed by atoms with E-state index in [-0.39, 0.29) is 12.1 Å². The number of nitrogens with one attached hydrogen (secondary N) is 2. The number of nitrogens with zero attached hydrogens (tertiary/aromatic N) is 2. The molecule has 1 fully saturated rings. The van der Waals surface area contributed by atoms with Crippen LogP contribution < -0.4 is 10.6 Å². The van der Waals surface area contributed by atoms with Crippen molar-refractivity contribution in [3.63, 3.8) is 0 Å². The van der Waals surface area contributed by atoms with E-state index in [0.29, 0.717) is 10.7 Å². The number of amides is 2. The maximum absolute atomic E-state index is 12.0. The van der Waals surface area contributed by atoms with Crippen LogP contribution in [0.2, 0.25) is 5.02 Å². The third-order valence-electron chi connectivity index (χ3n) is 3.94. The summed E-state index contributed by atoms with van der Waals surface area (Å²) in [5.41, 5.74) is 1.70.